The SMILES string of the molecule is CC(C)CN1C(=O)C(C)Oc2cc(NC(=O)CCN3C(=O)c4ccccc4C3=O)ccc21. The lowest BCUT2D eigenvalue weighted by molar-refractivity contribution is -0.125. The van der Waals surface area contributed by atoms with Crippen molar-refractivity contribution in [2.24, 2.45) is 5.92 Å². The maximum Gasteiger partial charge on any atom is 0.267 e. The molecule has 8 heteroatoms. The number of benzene rings is 2. The Hall–Kier alpha value is -3.68. The summed E-state index contributed by atoms with van der Waals surface area (Å²) in [5, 5.41) is 2.78. The van der Waals surface area contributed by atoms with Gasteiger partial charge in [0.2, 0.25) is 5.91 Å². The van der Waals surface area contributed by atoms with Crippen molar-refractivity contribution in [2.75, 3.05) is 23.3 Å². The minimum Gasteiger partial charge on any atom is -0.479 e. The lowest BCUT2D eigenvalue weighted by Gasteiger charge is -2.34. The number of hydrogen-bond acceptors (Lipinski definition) is 5. The number of anilines is 2. The predicted molar refractivity (Wildman–Crippen MR) is 119 cm³/mol. The van der Waals surface area contributed by atoms with E-state index in [1.165, 1.54) is 0 Å². The standard InChI is InChI=1S/C24H25N3O5/c1-14(2)13-27-19-9-8-16(12-20(19)32-15(3)22(27)29)25-21(28)10-11-26-23(30)17-6-4-5-7-18(17)24(26)31/h4-9,12,14-15H,10-11,13H2,1-3H3,(H,25,28). The first-order valence-electron chi connectivity index (χ1n) is 10.6. The molecule has 2 aliphatic heterocycles. The third-order valence-corrected chi connectivity index (χ3v) is 5.44. The number of imide groups is 1. The minimum absolute atomic E-state index is 0.00662. The molecule has 32 heavy (non-hydrogen) atoms. The highest BCUT2D eigenvalue weighted by Gasteiger charge is 2.35. The number of hydrogen-bond donors (Lipinski definition) is 1. The minimum atomic E-state index is -0.610. The third kappa shape index (κ3) is 3.95. The summed E-state index contributed by atoms with van der Waals surface area (Å²) in [4.78, 5) is 52.6. The summed E-state index contributed by atoms with van der Waals surface area (Å²) in [5.74, 6) is -0.382. The molecular formula is C24H25N3O5. The van der Waals surface area contributed by atoms with Crippen LogP contribution in [-0.4, -0.2) is 47.7 Å². The molecule has 0 aromatic heterocycles. The largest absolute Gasteiger partial charge is 0.479 e. The number of amides is 4. The molecule has 4 rings (SSSR count). The Labute approximate surface area is 186 Å². The molecule has 1 N–H and O–H groups in total. The Morgan fingerprint density at radius 3 is 2.31 bits per heavy atom. The monoisotopic (exact) mass is 435 g/mol. The van der Waals surface area contributed by atoms with Gasteiger partial charge in [0, 0.05) is 31.3 Å². The van der Waals surface area contributed by atoms with Gasteiger partial charge in [-0.15, -0.1) is 0 Å². The van der Waals surface area contributed by atoms with Crippen molar-refractivity contribution in [3.8, 4) is 5.75 Å². The summed E-state index contributed by atoms with van der Waals surface area (Å²) in [5.41, 5.74) is 1.91. The maximum atomic E-state index is 12.5. The average molecular weight is 435 g/mol. The fraction of sp³-hybridized carbons (Fsp3) is 0.333. The first-order valence-corrected chi connectivity index (χ1v) is 10.6. The van der Waals surface area contributed by atoms with E-state index in [0.29, 0.717) is 40.7 Å². The molecule has 8 nitrogen and oxygen atoms in total. The summed E-state index contributed by atoms with van der Waals surface area (Å²) in [6, 6.07) is 11.8. The Morgan fingerprint density at radius 1 is 1.03 bits per heavy atom. The highest BCUT2D eigenvalue weighted by atomic mass is 16.5. The zero-order valence-electron chi connectivity index (χ0n) is 18.3. The molecule has 2 heterocycles. The van der Waals surface area contributed by atoms with Crippen LogP contribution in [0.2, 0.25) is 0 Å². The number of rotatable bonds is 6. The lowest BCUT2D eigenvalue weighted by Crippen LogP contribution is -2.46. The van der Waals surface area contributed by atoms with Crippen molar-refractivity contribution in [2.45, 2.75) is 33.3 Å². The van der Waals surface area contributed by atoms with Gasteiger partial charge in [0.15, 0.2) is 6.10 Å². The molecule has 1 unspecified atom stereocenters. The first kappa shape index (κ1) is 21.5. The van der Waals surface area contributed by atoms with Crippen molar-refractivity contribution in [1.29, 1.82) is 0 Å². The van der Waals surface area contributed by atoms with E-state index in [2.05, 4.69) is 5.32 Å². The number of fused-ring (bicyclic) bond motifs is 2. The molecule has 0 bridgehead atoms. The molecule has 0 spiro atoms. The fourth-order valence-electron chi connectivity index (χ4n) is 3.92. The van der Waals surface area contributed by atoms with Gasteiger partial charge in [-0.2, -0.15) is 0 Å². The number of nitrogens with one attached hydrogen (secondary N) is 1. The molecule has 0 aliphatic carbocycles. The van der Waals surface area contributed by atoms with Crippen LogP contribution in [0.3, 0.4) is 0 Å². The van der Waals surface area contributed by atoms with Crippen LogP contribution in [0.25, 0.3) is 0 Å². The Kier molecular flexibility index (Phi) is 5.69. The second kappa shape index (κ2) is 8.45. The van der Waals surface area contributed by atoms with E-state index in [-0.39, 0.29) is 36.6 Å². The van der Waals surface area contributed by atoms with E-state index in [1.807, 2.05) is 13.8 Å². The lowest BCUT2D eigenvalue weighted by atomic mass is 10.1. The predicted octanol–water partition coefficient (Wildman–Crippen LogP) is 3.08. The summed E-state index contributed by atoms with van der Waals surface area (Å²) in [6.07, 6.45) is -0.640. The highest BCUT2D eigenvalue weighted by Crippen LogP contribution is 2.36. The molecule has 1 atom stereocenters. The number of carbonyl (C=O) groups is 4. The van der Waals surface area contributed by atoms with Gasteiger partial charge in [0.1, 0.15) is 5.75 Å². The second-order valence-electron chi connectivity index (χ2n) is 8.39. The number of ether oxygens (including phenoxy) is 1. The zero-order chi connectivity index (χ0) is 23.0. The number of carbonyl (C=O) groups excluding carboxylic acids is 4. The fourth-order valence-corrected chi connectivity index (χ4v) is 3.92. The van der Waals surface area contributed by atoms with Crippen molar-refractivity contribution in [3.05, 3.63) is 53.6 Å². The van der Waals surface area contributed by atoms with Crippen LogP contribution in [0.15, 0.2) is 42.5 Å². The van der Waals surface area contributed by atoms with E-state index >= 15 is 0 Å². The van der Waals surface area contributed by atoms with Crippen LogP contribution in [0.1, 0.15) is 47.9 Å². The van der Waals surface area contributed by atoms with Gasteiger partial charge in [-0.05, 0) is 37.1 Å². The molecule has 2 aromatic rings. The van der Waals surface area contributed by atoms with Gasteiger partial charge in [-0.25, -0.2) is 0 Å². The van der Waals surface area contributed by atoms with Crippen LogP contribution in [0.5, 0.6) is 5.75 Å². The van der Waals surface area contributed by atoms with Crippen LogP contribution in [-0.2, 0) is 9.59 Å². The molecular weight excluding hydrogens is 410 g/mol. The highest BCUT2D eigenvalue weighted by molar-refractivity contribution is 6.21. The van der Waals surface area contributed by atoms with E-state index in [1.54, 1.807) is 54.3 Å². The molecule has 2 aliphatic rings. The number of nitrogens with zero attached hydrogens (tertiary/aromatic N) is 2. The first-order chi connectivity index (χ1) is 15.3. The van der Waals surface area contributed by atoms with Gasteiger partial charge in [0.05, 0.1) is 16.8 Å². The van der Waals surface area contributed by atoms with Crippen molar-refractivity contribution >= 4 is 35.0 Å². The van der Waals surface area contributed by atoms with Gasteiger partial charge < -0.3 is 15.0 Å². The summed E-state index contributed by atoms with van der Waals surface area (Å²) < 4.78 is 5.74. The molecule has 0 saturated carbocycles. The Balaban J connectivity index is 1.42. The van der Waals surface area contributed by atoms with E-state index in [0.717, 1.165) is 4.90 Å². The maximum absolute atomic E-state index is 12.5. The van der Waals surface area contributed by atoms with Gasteiger partial charge in [-0.3, -0.25) is 24.1 Å². The molecule has 2 aromatic carbocycles. The Morgan fingerprint density at radius 2 is 1.69 bits per heavy atom. The molecule has 166 valence electrons. The summed E-state index contributed by atoms with van der Waals surface area (Å²) >= 11 is 0. The average Bonchev–Trinajstić information content (AvgIpc) is 3.00. The molecule has 4 amide bonds. The normalized spacial score (nSPS) is 17.4. The van der Waals surface area contributed by atoms with Crippen molar-refractivity contribution < 1.29 is 23.9 Å². The van der Waals surface area contributed by atoms with E-state index in [9.17, 15) is 19.2 Å². The van der Waals surface area contributed by atoms with Gasteiger partial charge >= 0.3 is 0 Å². The van der Waals surface area contributed by atoms with E-state index < -0.39 is 6.10 Å². The van der Waals surface area contributed by atoms with Crippen molar-refractivity contribution in [3.63, 3.8) is 0 Å². The quantitative estimate of drug-likeness (QED) is 0.704. The van der Waals surface area contributed by atoms with E-state index in [4.69, 9.17) is 4.74 Å². The molecule has 0 fully saturated rings. The zero-order valence-corrected chi connectivity index (χ0v) is 18.3. The van der Waals surface area contributed by atoms with Crippen LogP contribution in [0, 0.1) is 5.92 Å². The molecule has 0 radical (unpaired) electrons. The smallest absolute Gasteiger partial charge is 0.267 e. The van der Waals surface area contributed by atoms with Gasteiger partial charge in [-0.1, -0.05) is 26.0 Å². The van der Waals surface area contributed by atoms with Crippen LogP contribution < -0.4 is 15.0 Å². The van der Waals surface area contributed by atoms with Crippen molar-refractivity contribution in [1.82, 2.24) is 4.90 Å². The third-order valence-electron chi connectivity index (χ3n) is 5.44. The summed E-state index contributed by atoms with van der Waals surface area (Å²) in [7, 11) is 0. The Bertz CT molecular complexity index is 1080. The molecule has 0 saturated heterocycles. The van der Waals surface area contributed by atoms with Crippen LogP contribution in [0.4, 0.5) is 11.4 Å². The second-order valence-corrected chi connectivity index (χ2v) is 8.39. The topological polar surface area (TPSA) is 96.0 Å². The summed E-state index contributed by atoms with van der Waals surface area (Å²) in [6.45, 7) is 6.34. The van der Waals surface area contributed by atoms with Crippen LogP contribution >= 0.6 is 0 Å². The van der Waals surface area contributed by atoms with Gasteiger partial charge in [0.25, 0.3) is 17.7 Å².